The Kier molecular flexibility index (Phi) is 5.62. The first kappa shape index (κ1) is 21.6. The van der Waals surface area contributed by atoms with Gasteiger partial charge in [0, 0.05) is 25.2 Å². The molecular weight excluding hydrogens is 375 g/mol. The number of hydrogen-bond acceptors (Lipinski definition) is 6. The van der Waals surface area contributed by atoms with Crippen LogP contribution in [-0.2, 0) is 14.0 Å². The van der Waals surface area contributed by atoms with E-state index in [4.69, 9.17) is 14.0 Å². The number of thiazole rings is 1. The summed E-state index contributed by atoms with van der Waals surface area (Å²) in [5, 5.41) is 1.10. The Morgan fingerprint density at radius 2 is 1.89 bits per heavy atom. The quantitative estimate of drug-likeness (QED) is 0.697. The van der Waals surface area contributed by atoms with Crippen LogP contribution in [0.2, 0.25) is 0 Å². The summed E-state index contributed by atoms with van der Waals surface area (Å²) in [6, 6.07) is 0. The summed E-state index contributed by atoms with van der Waals surface area (Å²) in [7, 11) is -0.367. The van der Waals surface area contributed by atoms with Gasteiger partial charge in [-0.05, 0) is 60.8 Å². The molecule has 1 aromatic rings. The minimum absolute atomic E-state index is 0.227. The van der Waals surface area contributed by atoms with Crippen molar-refractivity contribution < 1.29 is 18.8 Å². The van der Waals surface area contributed by atoms with Gasteiger partial charge in [0.05, 0.1) is 21.0 Å². The zero-order valence-electron chi connectivity index (χ0n) is 18.4. The predicted molar refractivity (Wildman–Crippen MR) is 112 cm³/mol. The lowest BCUT2D eigenvalue weighted by atomic mass is 9.87. The second-order valence-corrected chi connectivity index (χ2v) is 11.1. The topological polar surface area (TPSA) is 60.9 Å². The molecule has 2 saturated heterocycles. The SMILES string of the molecule is CC1CN(C(=O)OC(C)(C)C)CCC1c1ncc(B2OC(C)(C)C(C)(C)O2)s1. The van der Waals surface area contributed by atoms with Gasteiger partial charge in [-0.25, -0.2) is 9.78 Å². The van der Waals surface area contributed by atoms with E-state index < -0.39 is 5.60 Å². The molecule has 0 N–H and O–H groups in total. The zero-order valence-corrected chi connectivity index (χ0v) is 19.2. The summed E-state index contributed by atoms with van der Waals surface area (Å²) in [6.07, 6.45) is 2.54. The maximum Gasteiger partial charge on any atom is 0.507 e. The average molecular weight is 408 g/mol. The van der Waals surface area contributed by atoms with Crippen molar-refractivity contribution in [3.05, 3.63) is 11.2 Å². The van der Waals surface area contributed by atoms with Crippen molar-refractivity contribution in [3.63, 3.8) is 0 Å². The number of piperidine rings is 1. The highest BCUT2D eigenvalue weighted by atomic mass is 32.1. The van der Waals surface area contributed by atoms with Gasteiger partial charge < -0.3 is 18.9 Å². The molecule has 2 fully saturated rings. The lowest BCUT2D eigenvalue weighted by Crippen LogP contribution is -2.44. The van der Waals surface area contributed by atoms with Crippen molar-refractivity contribution >= 4 is 29.3 Å². The van der Waals surface area contributed by atoms with Gasteiger partial charge in [0.2, 0.25) is 0 Å². The van der Waals surface area contributed by atoms with Crippen molar-refractivity contribution in [2.24, 2.45) is 5.92 Å². The number of likely N-dealkylation sites (tertiary alicyclic amines) is 1. The third kappa shape index (κ3) is 4.39. The van der Waals surface area contributed by atoms with Crippen LogP contribution in [-0.4, -0.2) is 53.0 Å². The van der Waals surface area contributed by atoms with Crippen molar-refractivity contribution in [1.82, 2.24) is 9.88 Å². The Labute approximate surface area is 173 Å². The second-order valence-electron chi connectivity index (χ2n) is 9.99. The van der Waals surface area contributed by atoms with E-state index in [1.54, 1.807) is 11.3 Å². The van der Waals surface area contributed by atoms with Crippen LogP contribution in [0, 0.1) is 5.92 Å². The summed E-state index contributed by atoms with van der Waals surface area (Å²) in [6.45, 7) is 17.5. The van der Waals surface area contributed by atoms with Crippen molar-refractivity contribution in [2.75, 3.05) is 13.1 Å². The summed E-state index contributed by atoms with van der Waals surface area (Å²) in [4.78, 5) is 18.9. The molecule has 0 aliphatic carbocycles. The molecule has 3 heterocycles. The van der Waals surface area contributed by atoms with E-state index in [1.165, 1.54) is 0 Å². The molecule has 0 bridgehead atoms. The number of carbonyl (C=O) groups is 1. The molecular formula is C20H33BN2O4S. The third-order valence-electron chi connectivity index (χ3n) is 5.90. The number of amides is 1. The maximum atomic E-state index is 12.4. The normalized spacial score (nSPS) is 27.1. The van der Waals surface area contributed by atoms with E-state index in [1.807, 2.05) is 31.9 Å². The number of hydrogen-bond donors (Lipinski definition) is 0. The van der Waals surface area contributed by atoms with E-state index in [0.29, 0.717) is 24.9 Å². The van der Waals surface area contributed by atoms with Gasteiger partial charge in [0.1, 0.15) is 5.60 Å². The van der Waals surface area contributed by atoms with Crippen LogP contribution in [0.1, 0.15) is 72.7 Å². The van der Waals surface area contributed by atoms with Gasteiger partial charge >= 0.3 is 13.2 Å². The Bertz CT molecular complexity index is 712. The predicted octanol–water partition coefficient (Wildman–Crippen LogP) is 3.80. The first-order valence-electron chi connectivity index (χ1n) is 10.1. The second kappa shape index (κ2) is 7.29. The molecule has 0 radical (unpaired) electrons. The van der Waals surface area contributed by atoms with Crippen molar-refractivity contribution in [2.45, 2.75) is 84.5 Å². The molecule has 1 amide bonds. The zero-order chi connectivity index (χ0) is 20.9. The Morgan fingerprint density at radius 1 is 1.29 bits per heavy atom. The van der Waals surface area contributed by atoms with Crippen LogP contribution in [0.15, 0.2) is 6.20 Å². The standard InChI is InChI=1S/C20H33BN2O4S/c1-13-12-23(17(24)25-18(2,3)4)10-9-14(13)16-22-11-15(28-16)21-26-19(5,6)20(7,8)27-21/h11,13-14H,9-10,12H2,1-8H3. The van der Waals surface area contributed by atoms with Gasteiger partial charge in [-0.3, -0.25) is 0 Å². The number of carbonyl (C=O) groups excluding carboxylic acids is 1. The minimum Gasteiger partial charge on any atom is -0.444 e. The van der Waals surface area contributed by atoms with Gasteiger partial charge in [0.25, 0.3) is 0 Å². The number of aromatic nitrogens is 1. The van der Waals surface area contributed by atoms with Crippen molar-refractivity contribution in [3.8, 4) is 0 Å². The van der Waals surface area contributed by atoms with Gasteiger partial charge in [-0.15, -0.1) is 11.3 Å². The molecule has 2 atom stereocenters. The van der Waals surface area contributed by atoms with E-state index in [-0.39, 0.29) is 24.4 Å². The lowest BCUT2D eigenvalue weighted by molar-refractivity contribution is 0.00578. The molecule has 1 aromatic heterocycles. The van der Waals surface area contributed by atoms with Gasteiger partial charge in [-0.2, -0.15) is 0 Å². The third-order valence-corrected chi connectivity index (χ3v) is 7.05. The van der Waals surface area contributed by atoms with Crippen LogP contribution >= 0.6 is 11.3 Å². The number of nitrogens with zero attached hydrogens (tertiary/aromatic N) is 2. The fourth-order valence-electron chi connectivity index (χ4n) is 3.55. The first-order chi connectivity index (χ1) is 12.8. The van der Waals surface area contributed by atoms with Gasteiger partial charge in [-0.1, -0.05) is 6.92 Å². The van der Waals surface area contributed by atoms with Crippen LogP contribution in [0.25, 0.3) is 0 Å². The van der Waals surface area contributed by atoms with Gasteiger partial charge in [0.15, 0.2) is 0 Å². The van der Waals surface area contributed by atoms with E-state index >= 15 is 0 Å². The fraction of sp³-hybridized carbons (Fsp3) is 0.800. The Morgan fingerprint density at radius 3 is 2.43 bits per heavy atom. The fourth-order valence-corrected chi connectivity index (χ4v) is 4.69. The number of rotatable bonds is 2. The highest BCUT2D eigenvalue weighted by Crippen LogP contribution is 2.38. The molecule has 8 heteroatoms. The van der Waals surface area contributed by atoms with Crippen LogP contribution < -0.4 is 4.78 Å². The van der Waals surface area contributed by atoms with E-state index in [0.717, 1.165) is 16.2 Å². The summed E-state index contributed by atoms with van der Waals surface area (Å²) in [5.41, 5.74) is -1.17. The van der Waals surface area contributed by atoms with Crippen molar-refractivity contribution in [1.29, 1.82) is 0 Å². The smallest absolute Gasteiger partial charge is 0.444 e. The largest absolute Gasteiger partial charge is 0.507 e. The van der Waals surface area contributed by atoms with Crippen LogP contribution in [0.4, 0.5) is 4.79 Å². The van der Waals surface area contributed by atoms with Crippen LogP contribution in [0.5, 0.6) is 0 Å². The molecule has 2 aliphatic rings. The average Bonchev–Trinajstić information content (AvgIpc) is 3.08. The summed E-state index contributed by atoms with van der Waals surface area (Å²) < 4.78 is 18.8. The highest BCUT2D eigenvalue weighted by molar-refractivity contribution is 7.22. The molecule has 0 aromatic carbocycles. The number of ether oxygens (including phenoxy) is 1. The molecule has 6 nitrogen and oxygen atoms in total. The first-order valence-corrected chi connectivity index (χ1v) is 10.9. The van der Waals surface area contributed by atoms with E-state index in [9.17, 15) is 4.79 Å². The van der Waals surface area contributed by atoms with Crippen LogP contribution in [0.3, 0.4) is 0 Å². The lowest BCUT2D eigenvalue weighted by Gasteiger charge is -2.36. The minimum atomic E-state index is -0.468. The monoisotopic (exact) mass is 408 g/mol. The molecule has 0 saturated carbocycles. The Balaban J connectivity index is 1.64. The summed E-state index contributed by atoms with van der Waals surface area (Å²) >= 11 is 1.67. The molecule has 156 valence electrons. The highest BCUT2D eigenvalue weighted by Gasteiger charge is 2.52. The molecule has 0 spiro atoms. The Hall–Kier alpha value is -1.12. The molecule has 28 heavy (non-hydrogen) atoms. The maximum absolute atomic E-state index is 12.4. The van der Waals surface area contributed by atoms with E-state index in [2.05, 4.69) is 39.6 Å². The summed E-state index contributed by atoms with van der Waals surface area (Å²) in [5.74, 6) is 0.651. The molecule has 2 aliphatic heterocycles. The molecule has 2 unspecified atom stereocenters. The molecule has 3 rings (SSSR count).